The van der Waals surface area contributed by atoms with Gasteiger partial charge in [-0.25, -0.2) is 0 Å². The van der Waals surface area contributed by atoms with Crippen molar-refractivity contribution in [2.24, 2.45) is 0 Å². The summed E-state index contributed by atoms with van der Waals surface area (Å²) in [6.45, 7) is 4.47. The second-order valence-electron chi connectivity index (χ2n) is 6.96. The van der Waals surface area contributed by atoms with Gasteiger partial charge in [-0.1, -0.05) is 18.2 Å². The molecule has 1 fully saturated rings. The fourth-order valence-corrected chi connectivity index (χ4v) is 3.91. The molecule has 0 aromatic heterocycles. The van der Waals surface area contributed by atoms with Gasteiger partial charge in [0, 0.05) is 35.6 Å². The van der Waals surface area contributed by atoms with Crippen molar-refractivity contribution in [2.45, 2.75) is 44.6 Å². The highest BCUT2D eigenvalue weighted by Gasteiger charge is 2.28. The van der Waals surface area contributed by atoms with Gasteiger partial charge in [-0.3, -0.25) is 19.3 Å². The lowest BCUT2D eigenvalue weighted by Crippen LogP contribution is -2.28. The van der Waals surface area contributed by atoms with Crippen LogP contribution >= 0.6 is 11.8 Å². The van der Waals surface area contributed by atoms with Crippen molar-refractivity contribution < 1.29 is 14.4 Å². The van der Waals surface area contributed by atoms with Gasteiger partial charge in [-0.15, -0.1) is 11.8 Å². The summed E-state index contributed by atoms with van der Waals surface area (Å²) in [7, 11) is 0. The molecule has 0 atom stereocenters. The van der Waals surface area contributed by atoms with E-state index in [1.54, 1.807) is 23.9 Å². The zero-order valence-electron chi connectivity index (χ0n) is 16.2. The lowest BCUT2D eigenvalue weighted by Gasteiger charge is -2.14. The quantitative estimate of drug-likeness (QED) is 0.566. The number of carbonyl (C=O) groups excluding carboxylic acids is 3. The maximum absolute atomic E-state index is 12.2. The maximum Gasteiger partial charge on any atom is 0.229 e. The first-order valence-electron chi connectivity index (χ1n) is 9.34. The van der Waals surface area contributed by atoms with Crippen LogP contribution in [-0.4, -0.2) is 28.4 Å². The molecule has 3 amide bonds. The number of benzene rings is 2. The largest absolute Gasteiger partial charge is 0.326 e. The molecule has 0 aliphatic carbocycles. The van der Waals surface area contributed by atoms with Gasteiger partial charge < -0.3 is 5.32 Å². The molecular weight excluding hydrogens is 372 g/mol. The predicted octanol–water partition coefficient (Wildman–Crippen LogP) is 4.07. The van der Waals surface area contributed by atoms with E-state index < -0.39 is 0 Å². The van der Waals surface area contributed by atoms with Gasteiger partial charge in [0.05, 0.1) is 6.54 Å². The summed E-state index contributed by atoms with van der Waals surface area (Å²) in [5.41, 5.74) is 4.10. The number of imide groups is 1. The van der Waals surface area contributed by atoms with Crippen molar-refractivity contribution in [1.29, 1.82) is 0 Å². The number of anilines is 1. The normalized spacial score (nSPS) is 13.9. The molecule has 28 heavy (non-hydrogen) atoms. The second kappa shape index (κ2) is 9.06. The topological polar surface area (TPSA) is 66.5 Å². The predicted molar refractivity (Wildman–Crippen MR) is 111 cm³/mol. The van der Waals surface area contributed by atoms with Crippen LogP contribution in [0.5, 0.6) is 0 Å². The molecular formula is C22H24N2O3S. The van der Waals surface area contributed by atoms with Crippen LogP contribution in [0.15, 0.2) is 47.4 Å². The lowest BCUT2D eigenvalue weighted by atomic mass is 10.1. The van der Waals surface area contributed by atoms with Crippen LogP contribution in [0.4, 0.5) is 5.69 Å². The number of carbonyl (C=O) groups is 3. The number of likely N-dealkylation sites (tertiary alicyclic amines) is 1. The highest BCUT2D eigenvalue weighted by molar-refractivity contribution is 7.99. The molecule has 1 saturated heterocycles. The summed E-state index contributed by atoms with van der Waals surface area (Å²) in [6, 6.07) is 13.6. The average Bonchev–Trinajstić information content (AvgIpc) is 2.98. The van der Waals surface area contributed by atoms with Gasteiger partial charge in [0.25, 0.3) is 0 Å². The van der Waals surface area contributed by atoms with Crippen LogP contribution in [0, 0.1) is 13.8 Å². The first kappa shape index (κ1) is 20.1. The number of aryl methyl sites for hydroxylation is 2. The molecule has 0 radical (unpaired) electrons. The van der Waals surface area contributed by atoms with Crippen LogP contribution in [-0.2, 0) is 20.9 Å². The Labute approximate surface area is 169 Å². The summed E-state index contributed by atoms with van der Waals surface area (Å²) < 4.78 is 0. The maximum atomic E-state index is 12.2. The minimum atomic E-state index is -0.122. The number of hydrogen-bond donors (Lipinski definition) is 1. The minimum absolute atomic E-state index is 0.0333. The van der Waals surface area contributed by atoms with E-state index in [-0.39, 0.29) is 17.7 Å². The van der Waals surface area contributed by atoms with Gasteiger partial charge >= 0.3 is 0 Å². The SMILES string of the molecule is Cc1ccc(SCCC(=O)Nc2ccc(CN3C(=O)CCC3=O)cc2)cc1C. The van der Waals surface area contributed by atoms with Crippen molar-refractivity contribution in [3.8, 4) is 0 Å². The molecule has 1 N–H and O–H groups in total. The third kappa shape index (κ3) is 5.23. The number of nitrogens with zero attached hydrogens (tertiary/aromatic N) is 1. The number of nitrogens with one attached hydrogen (secondary N) is 1. The molecule has 5 nitrogen and oxygen atoms in total. The molecule has 2 aromatic carbocycles. The number of thioether (sulfide) groups is 1. The molecule has 3 rings (SSSR count). The Bertz CT molecular complexity index is 877. The Balaban J connectivity index is 1.45. The summed E-state index contributed by atoms with van der Waals surface area (Å²) >= 11 is 1.67. The van der Waals surface area contributed by atoms with Crippen LogP contribution in [0.2, 0.25) is 0 Å². The monoisotopic (exact) mass is 396 g/mol. The summed E-state index contributed by atoms with van der Waals surface area (Å²) in [5.74, 6) is 0.437. The molecule has 1 aliphatic rings. The minimum Gasteiger partial charge on any atom is -0.326 e. The number of hydrogen-bond acceptors (Lipinski definition) is 4. The zero-order valence-corrected chi connectivity index (χ0v) is 17.0. The lowest BCUT2D eigenvalue weighted by molar-refractivity contribution is -0.139. The van der Waals surface area contributed by atoms with E-state index in [1.165, 1.54) is 20.9 Å². The zero-order chi connectivity index (χ0) is 20.1. The Morgan fingerprint density at radius 1 is 1.00 bits per heavy atom. The van der Waals surface area contributed by atoms with Gasteiger partial charge in [-0.2, -0.15) is 0 Å². The van der Waals surface area contributed by atoms with Crippen molar-refractivity contribution in [2.75, 3.05) is 11.1 Å². The first-order chi connectivity index (χ1) is 13.4. The van der Waals surface area contributed by atoms with Crippen molar-refractivity contribution >= 4 is 35.2 Å². The van der Waals surface area contributed by atoms with Crippen LogP contribution in [0.3, 0.4) is 0 Å². The second-order valence-corrected chi connectivity index (χ2v) is 8.13. The molecule has 6 heteroatoms. The van der Waals surface area contributed by atoms with Crippen LogP contribution < -0.4 is 5.32 Å². The van der Waals surface area contributed by atoms with E-state index >= 15 is 0 Å². The first-order valence-corrected chi connectivity index (χ1v) is 10.3. The Hall–Kier alpha value is -2.60. The van der Waals surface area contributed by atoms with E-state index in [9.17, 15) is 14.4 Å². The third-order valence-electron chi connectivity index (χ3n) is 4.81. The number of rotatable bonds is 7. The van der Waals surface area contributed by atoms with Gasteiger partial charge in [0.15, 0.2) is 0 Å². The summed E-state index contributed by atoms with van der Waals surface area (Å²) in [5, 5.41) is 2.89. The molecule has 1 aliphatic heterocycles. The standard InChI is InChI=1S/C22H24N2O3S/c1-15-3-8-19(13-16(15)2)28-12-11-20(25)23-18-6-4-17(5-7-18)14-24-21(26)9-10-22(24)27/h3-8,13H,9-12,14H2,1-2H3,(H,23,25). The molecule has 0 bridgehead atoms. The van der Waals surface area contributed by atoms with Gasteiger partial charge in [-0.05, 0) is 54.8 Å². The van der Waals surface area contributed by atoms with E-state index in [2.05, 4.69) is 37.4 Å². The Kier molecular flexibility index (Phi) is 6.52. The van der Waals surface area contributed by atoms with Crippen LogP contribution in [0.25, 0.3) is 0 Å². The molecule has 0 saturated carbocycles. The molecule has 1 heterocycles. The smallest absolute Gasteiger partial charge is 0.229 e. The average molecular weight is 397 g/mol. The molecule has 0 unspecified atom stereocenters. The van der Waals surface area contributed by atoms with Crippen LogP contribution in [0.1, 0.15) is 36.0 Å². The summed E-state index contributed by atoms with van der Waals surface area (Å²) in [4.78, 5) is 38.0. The molecule has 0 spiro atoms. The molecule has 146 valence electrons. The van der Waals surface area contributed by atoms with Crippen molar-refractivity contribution in [1.82, 2.24) is 4.90 Å². The van der Waals surface area contributed by atoms with Gasteiger partial charge in [0.2, 0.25) is 17.7 Å². The fourth-order valence-electron chi connectivity index (χ4n) is 2.96. The third-order valence-corrected chi connectivity index (χ3v) is 5.80. The van der Waals surface area contributed by atoms with E-state index in [4.69, 9.17) is 0 Å². The van der Waals surface area contributed by atoms with Crippen molar-refractivity contribution in [3.05, 3.63) is 59.2 Å². The highest BCUT2D eigenvalue weighted by atomic mass is 32.2. The fraction of sp³-hybridized carbons (Fsp3) is 0.318. The van der Waals surface area contributed by atoms with Gasteiger partial charge in [0.1, 0.15) is 0 Å². The van der Waals surface area contributed by atoms with E-state index in [0.29, 0.717) is 37.2 Å². The number of amides is 3. The van der Waals surface area contributed by atoms with E-state index in [1.807, 2.05) is 12.1 Å². The molecule has 2 aromatic rings. The van der Waals surface area contributed by atoms with Crippen molar-refractivity contribution in [3.63, 3.8) is 0 Å². The highest BCUT2D eigenvalue weighted by Crippen LogP contribution is 2.22. The Morgan fingerprint density at radius 3 is 2.32 bits per heavy atom. The Morgan fingerprint density at radius 2 is 1.68 bits per heavy atom. The van der Waals surface area contributed by atoms with E-state index in [0.717, 1.165) is 5.56 Å². The summed E-state index contributed by atoms with van der Waals surface area (Å²) in [6.07, 6.45) is 1.02.